The molecule has 0 unspecified atom stereocenters. The van der Waals surface area contributed by atoms with Crippen molar-refractivity contribution in [2.75, 3.05) is 58.8 Å². The highest BCUT2D eigenvalue weighted by atomic mass is 16.5. The van der Waals surface area contributed by atoms with Crippen LogP contribution in [-0.2, 0) is 26.1 Å². The van der Waals surface area contributed by atoms with Crippen LogP contribution in [0.5, 0.6) is 0 Å². The second-order valence-corrected chi connectivity index (χ2v) is 7.95. The maximum Gasteiger partial charge on any atom is 0.151 e. The summed E-state index contributed by atoms with van der Waals surface area (Å²) in [7, 11) is 6.23. The summed E-state index contributed by atoms with van der Waals surface area (Å²) in [5.41, 5.74) is 3.43. The number of hydrogen-bond donors (Lipinski definition) is 0. The molecule has 2 aromatic rings. The van der Waals surface area contributed by atoms with Gasteiger partial charge in [-0.3, -0.25) is 4.90 Å². The fourth-order valence-corrected chi connectivity index (χ4v) is 3.75. The third-order valence-corrected chi connectivity index (χ3v) is 5.30. The highest BCUT2D eigenvalue weighted by molar-refractivity contribution is 5.42. The largest absolute Gasteiger partial charge is 0.360 e. The van der Waals surface area contributed by atoms with Gasteiger partial charge in [0.25, 0.3) is 0 Å². The lowest BCUT2D eigenvalue weighted by Crippen LogP contribution is -2.45. The summed E-state index contributed by atoms with van der Waals surface area (Å²) in [5, 5.41) is 13.2. The molecule has 0 bridgehead atoms. The molecule has 4 heterocycles. The first kappa shape index (κ1) is 18.3. The topological polar surface area (TPSA) is 64.8 Å². The Morgan fingerprint density at radius 3 is 2.67 bits per heavy atom. The average molecular weight is 371 g/mol. The zero-order valence-electron chi connectivity index (χ0n) is 16.6. The van der Waals surface area contributed by atoms with Crippen molar-refractivity contribution < 1.29 is 4.52 Å². The number of fused-ring (bicyclic) bond motifs is 1. The zero-order chi connectivity index (χ0) is 18.8. The van der Waals surface area contributed by atoms with Gasteiger partial charge in [0.15, 0.2) is 11.6 Å². The first-order valence-electron chi connectivity index (χ1n) is 9.67. The van der Waals surface area contributed by atoms with Crippen molar-refractivity contribution in [2.45, 2.75) is 26.1 Å². The van der Waals surface area contributed by atoms with Gasteiger partial charge in [-0.05, 0) is 32.8 Å². The van der Waals surface area contributed by atoms with E-state index in [-0.39, 0.29) is 0 Å². The van der Waals surface area contributed by atoms with Gasteiger partial charge in [-0.25, -0.2) is 0 Å². The minimum atomic E-state index is 0.778. The van der Waals surface area contributed by atoms with Gasteiger partial charge >= 0.3 is 0 Å². The normalized spacial score (nSPS) is 18.9. The number of anilines is 1. The molecule has 0 aromatic carbocycles. The number of piperazine rings is 1. The fourth-order valence-electron chi connectivity index (χ4n) is 3.75. The van der Waals surface area contributed by atoms with Crippen molar-refractivity contribution in [1.82, 2.24) is 30.1 Å². The van der Waals surface area contributed by atoms with Crippen LogP contribution in [0.4, 0.5) is 5.82 Å². The van der Waals surface area contributed by atoms with Gasteiger partial charge < -0.3 is 19.2 Å². The van der Waals surface area contributed by atoms with Gasteiger partial charge in [0.05, 0.1) is 17.9 Å². The lowest BCUT2D eigenvalue weighted by molar-refractivity contribution is 0.233. The highest BCUT2D eigenvalue weighted by Gasteiger charge is 2.22. The Kier molecular flexibility index (Phi) is 5.38. The molecule has 2 aliphatic rings. The van der Waals surface area contributed by atoms with E-state index < -0.39 is 0 Å². The van der Waals surface area contributed by atoms with Crippen molar-refractivity contribution >= 4 is 5.82 Å². The van der Waals surface area contributed by atoms with E-state index in [1.54, 1.807) is 0 Å². The Bertz CT molecular complexity index is 767. The summed E-state index contributed by atoms with van der Waals surface area (Å²) in [6.45, 7) is 7.64. The second-order valence-electron chi connectivity index (χ2n) is 7.95. The molecule has 0 aliphatic carbocycles. The quantitative estimate of drug-likeness (QED) is 0.766. The molecule has 2 aromatic heterocycles. The molecule has 0 atom stereocenters. The number of hydrogen-bond acceptors (Lipinski definition) is 8. The summed E-state index contributed by atoms with van der Waals surface area (Å²) in [5.74, 6) is 1.93. The molecular weight excluding hydrogens is 342 g/mol. The Hall–Kier alpha value is -2.03. The predicted molar refractivity (Wildman–Crippen MR) is 103 cm³/mol. The summed E-state index contributed by atoms with van der Waals surface area (Å²) in [4.78, 5) is 9.19. The molecule has 0 amide bonds. The molecule has 27 heavy (non-hydrogen) atoms. The van der Waals surface area contributed by atoms with Gasteiger partial charge in [-0.1, -0.05) is 5.16 Å². The molecule has 0 N–H and O–H groups in total. The molecule has 1 fully saturated rings. The number of nitrogens with zero attached hydrogens (tertiary/aromatic N) is 7. The first-order chi connectivity index (χ1) is 13.1. The molecule has 0 radical (unpaired) electrons. The van der Waals surface area contributed by atoms with Crippen molar-refractivity contribution in [2.24, 2.45) is 0 Å². The maximum absolute atomic E-state index is 5.44. The lowest BCUT2D eigenvalue weighted by atomic mass is 10.1. The molecule has 8 heteroatoms. The molecular formula is C19H29N7O. The minimum Gasteiger partial charge on any atom is -0.360 e. The van der Waals surface area contributed by atoms with E-state index in [0.29, 0.717) is 0 Å². The van der Waals surface area contributed by atoms with E-state index >= 15 is 0 Å². The van der Waals surface area contributed by atoms with Crippen LogP contribution in [0.15, 0.2) is 16.7 Å². The number of aromatic nitrogens is 3. The third-order valence-electron chi connectivity index (χ3n) is 5.30. The molecule has 2 aliphatic heterocycles. The monoisotopic (exact) mass is 371 g/mol. The predicted octanol–water partition coefficient (Wildman–Crippen LogP) is 0.836. The smallest absolute Gasteiger partial charge is 0.151 e. The van der Waals surface area contributed by atoms with Gasteiger partial charge in [0, 0.05) is 58.3 Å². The van der Waals surface area contributed by atoms with E-state index in [0.717, 1.165) is 81.7 Å². The van der Waals surface area contributed by atoms with E-state index in [1.807, 2.05) is 14.1 Å². The first-order valence-corrected chi connectivity index (χ1v) is 9.67. The van der Waals surface area contributed by atoms with Crippen LogP contribution < -0.4 is 4.90 Å². The van der Waals surface area contributed by atoms with Gasteiger partial charge in [-0.15, -0.1) is 5.10 Å². The fraction of sp³-hybridized carbons (Fsp3) is 0.632. The standard InChI is InChI=1S/C19H29N7O/c1-23(2)14-17-11-16(22-27-17)13-25-5-4-18-15(12-25)10-19(21-20-18)26-8-6-24(3)7-9-26/h10-11H,4-9,12-14H2,1-3H3. The summed E-state index contributed by atoms with van der Waals surface area (Å²) < 4.78 is 5.44. The van der Waals surface area contributed by atoms with Crippen LogP contribution in [0.2, 0.25) is 0 Å². The summed E-state index contributed by atoms with van der Waals surface area (Å²) in [6, 6.07) is 4.30. The Morgan fingerprint density at radius 2 is 1.89 bits per heavy atom. The molecule has 146 valence electrons. The Balaban J connectivity index is 1.41. The zero-order valence-corrected chi connectivity index (χ0v) is 16.6. The van der Waals surface area contributed by atoms with Crippen LogP contribution >= 0.6 is 0 Å². The molecule has 8 nitrogen and oxygen atoms in total. The Labute approximate surface area is 160 Å². The van der Waals surface area contributed by atoms with Gasteiger partial charge in [0.1, 0.15) is 0 Å². The van der Waals surface area contributed by atoms with Crippen molar-refractivity contribution in [1.29, 1.82) is 0 Å². The SMILES string of the molecule is CN(C)Cc1cc(CN2CCc3nnc(N4CCN(C)CC4)cc3C2)no1. The van der Waals surface area contributed by atoms with Crippen LogP contribution in [-0.4, -0.2) is 83.9 Å². The molecule has 1 saturated heterocycles. The average Bonchev–Trinajstić information content (AvgIpc) is 3.08. The molecule has 0 saturated carbocycles. The van der Waals surface area contributed by atoms with Gasteiger partial charge in [-0.2, -0.15) is 5.10 Å². The van der Waals surface area contributed by atoms with E-state index in [2.05, 4.69) is 54.1 Å². The van der Waals surface area contributed by atoms with Crippen LogP contribution in [0.25, 0.3) is 0 Å². The number of rotatable bonds is 5. The van der Waals surface area contributed by atoms with Crippen LogP contribution in [0, 0.1) is 0 Å². The highest BCUT2D eigenvalue weighted by Crippen LogP contribution is 2.23. The van der Waals surface area contributed by atoms with Crippen LogP contribution in [0.3, 0.4) is 0 Å². The van der Waals surface area contributed by atoms with Crippen molar-refractivity contribution in [3.63, 3.8) is 0 Å². The van der Waals surface area contributed by atoms with Crippen molar-refractivity contribution in [3.8, 4) is 0 Å². The maximum atomic E-state index is 5.44. The van der Waals surface area contributed by atoms with E-state index in [1.165, 1.54) is 5.56 Å². The summed E-state index contributed by atoms with van der Waals surface area (Å²) >= 11 is 0. The van der Waals surface area contributed by atoms with Crippen molar-refractivity contribution in [3.05, 3.63) is 34.8 Å². The lowest BCUT2D eigenvalue weighted by Gasteiger charge is -2.34. The van der Waals surface area contributed by atoms with Gasteiger partial charge in [0.2, 0.25) is 0 Å². The second kappa shape index (κ2) is 7.92. The molecule has 4 rings (SSSR count). The van der Waals surface area contributed by atoms with Crippen LogP contribution in [0.1, 0.15) is 22.7 Å². The van der Waals surface area contributed by atoms with E-state index in [4.69, 9.17) is 4.52 Å². The van der Waals surface area contributed by atoms with E-state index in [9.17, 15) is 0 Å². The minimum absolute atomic E-state index is 0.778. The summed E-state index contributed by atoms with van der Waals surface area (Å²) in [6.07, 6.45) is 0.938. The molecule has 0 spiro atoms. The third kappa shape index (κ3) is 4.45. The number of likely N-dealkylation sites (N-methyl/N-ethyl adjacent to an activating group) is 1. The Morgan fingerprint density at radius 1 is 1.07 bits per heavy atom.